The zero-order valence-electron chi connectivity index (χ0n) is 12.0. The molecule has 1 amide bonds. The lowest BCUT2D eigenvalue weighted by atomic mass is 10.0. The number of benzene rings is 1. The molecule has 0 aliphatic carbocycles. The predicted molar refractivity (Wildman–Crippen MR) is 82.5 cm³/mol. The summed E-state index contributed by atoms with van der Waals surface area (Å²) in [5.41, 5.74) is 0.0989. The summed E-state index contributed by atoms with van der Waals surface area (Å²) in [5, 5.41) is 7.74. The first kappa shape index (κ1) is 13.8. The Kier molecular flexibility index (Phi) is 3.75. The van der Waals surface area contributed by atoms with Gasteiger partial charge in [0.05, 0.1) is 0 Å². The number of hydrogen-bond donors (Lipinski definition) is 3. The average Bonchev–Trinajstić information content (AvgIpc) is 2.47. The highest BCUT2D eigenvalue weighted by molar-refractivity contribution is 5.96. The van der Waals surface area contributed by atoms with Crippen molar-refractivity contribution in [1.29, 1.82) is 0 Å². The third-order valence-corrected chi connectivity index (χ3v) is 3.96. The van der Waals surface area contributed by atoms with E-state index in [4.69, 9.17) is 0 Å². The fourth-order valence-corrected chi connectivity index (χ4v) is 2.86. The van der Waals surface area contributed by atoms with Crippen molar-refractivity contribution in [3.05, 3.63) is 46.4 Å². The van der Waals surface area contributed by atoms with Crippen molar-refractivity contribution >= 4 is 16.7 Å². The summed E-state index contributed by atoms with van der Waals surface area (Å²) in [4.78, 5) is 27.0. The highest BCUT2D eigenvalue weighted by atomic mass is 16.2. The number of fused-ring (bicyclic) bond motifs is 1. The maximum atomic E-state index is 12.3. The summed E-state index contributed by atoms with van der Waals surface area (Å²) >= 11 is 0. The first-order valence-corrected chi connectivity index (χ1v) is 7.30. The maximum absolute atomic E-state index is 12.3. The molecule has 1 saturated heterocycles. The predicted octanol–water partition coefficient (Wildman–Crippen LogP) is 1.40. The van der Waals surface area contributed by atoms with Crippen LogP contribution in [0.4, 0.5) is 0 Å². The second-order valence-corrected chi connectivity index (χ2v) is 5.65. The van der Waals surface area contributed by atoms with Gasteiger partial charge in [-0.15, -0.1) is 0 Å². The molecule has 3 rings (SSSR count). The molecule has 0 saturated carbocycles. The standard InChI is InChI=1S/C16H19N3O2/c1-10-8-12(6-7-17-10)18-16(21)14-9-11-4-2-3-5-13(11)15(20)19-14/h2-5,9-10,12,17H,6-8H2,1H3,(H,18,21)(H,19,20). The van der Waals surface area contributed by atoms with Crippen molar-refractivity contribution < 1.29 is 4.79 Å². The first-order chi connectivity index (χ1) is 10.1. The molecule has 1 aliphatic rings. The van der Waals surface area contributed by atoms with Crippen molar-refractivity contribution in [3.8, 4) is 0 Å². The van der Waals surface area contributed by atoms with E-state index in [1.54, 1.807) is 12.1 Å². The van der Waals surface area contributed by atoms with Crippen LogP contribution in [0.25, 0.3) is 10.8 Å². The highest BCUT2D eigenvalue weighted by Gasteiger charge is 2.21. The summed E-state index contributed by atoms with van der Waals surface area (Å²) in [6.07, 6.45) is 1.82. The van der Waals surface area contributed by atoms with Crippen LogP contribution in [0.1, 0.15) is 30.3 Å². The molecule has 110 valence electrons. The van der Waals surface area contributed by atoms with E-state index in [-0.39, 0.29) is 17.5 Å². The molecule has 2 unspecified atom stereocenters. The lowest BCUT2D eigenvalue weighted by Crippen LogP contribution is -2.46. The van der Waals surface area contributed by atoms with Crippen LogP contribution in [-0.4, -0.2) is 29.5 Å². The number of aromatic nitrogens is 1. The number of carbonyl (C=O) groups excluding carboxylic acids is 1. The van der Waals surface area contributed by atoms with Crippen LogP contribution in [0.3, 0.4) is 0 Å². The number of aromatic amines is 1. The van der Waals surface area contributed by atoms with Crippen molar-refractivity contribution in [1.82, 2.24) is 15.6 Å². The summed E-state index contributed by atoms with van der Waals surface area (Å²) in [6.45, 7) is 3.01. The van der Waals surface area contributed by atoms with Crippen molar-refractivity contribution in [3.63, 3.8) is 0 Å². The van der Waals surface area contributed by atoms with E-state index in [0.717, 1.165) is 24.8 Å². The molecule has 0 radical (unpaired) electrons. The second kappa shape index (κ2) is 5.69. The molecule has 0 spiro atoms. The molecule has 1 aromatic carbocycles. The third kappa shape index (κ3) is 2.97. The van der Waals surface area contributed by atoms with Gasteiger partial charge in [0, 0.05) is 17.5 Å². The minimum atomic E-state index is -0.225. The molecule has 21 heavy (non-hydrogen) atoms. The van der Waals surface area contributed by atoms with Gasteiger partial charge >= 0.3 is 0 Å². The van der Waals surface area contributed by atoms with Crippen LogP contribution in [0.2, 0.25) is 0 Å². The maximum Gasteiger partial charge on any atom is 0.268 e. The number of hydrogen-bond acceptors (Lipinski definition) is 3. The van der Waals surface area contributed by atoms with Crippen LogP contribution in [-0.2, 0) is 0 Å². The fraction of sp³-hybridized carbons (Fsp3) is 0.375. The van der Waals surface area contributed by atoms with Crippen molar-refractivity contribution in [2.24, 2.45) is 0 Å². The summed E-state index contributed by atoms with van der Waals surface area (Å²) in [7, 11) is 0. The SMILES string of the molecule is CC1CC(NC(=O)c2cc3ccccc3c(=O)[nH]2)CCN1. The Morgan fingerprint density at radius 3 is 2.95 bits per heavy atom. The molecule has 1 aliphatic heterocycles. The quantitative estimate of drug-likeness (QED) is 0.781. The molecule has 2 aromatic rings. The van der Waals surface area contributed by atoms with Gasteiger partial charge in [-0.25, -0.2) is 0 Å². The van der Waals surface area contributed by atoms with Crippen LogP contribution in [0.5, 0.6) is 0 Å². The summed E-state index contributed by atoms with van der Waals surface area (Å²) < 4.78 is 0. The zero-order chi connectivity index (χ0) is 14.8. The first-order valence-electron chi connectivity index (χ1n) is 7.30. The van der Waals surface area contributed by atoms with Crippen LogP contribution >= 0.6 is 0 Å². The summed E-state index contributed by atoms with van der Waals surface area (Å²) in [6, 6.07) is 9.56. The minimum Gasteiger partial charge on any atom is -0.348 e. The Morgan fingerprint density at radius 2 is 2.14 bits per heavy atom. The Morgan fingerprint density at radius 1 is 1.33 bits per heavy atom. The number of rotatable bonds is 2. The number of amides is 1. The topological polar surface area (TPSA) is 74.0 Å². The third-order valence-electron chi connectivity index (χ3n) is 3.96. The van der Waals surface area contributed by atoms with Gasteiger partial charge in [-0.1, -0.05) is 18.2 Å². The Bertz CT molecular complexity index is 723. The van der Waals surface area contributed by atoms with Crippen LogP contribution in [0, 0.1) is 0 Å². The normalized spacial score (nSPS) is 22.1. The highest BCUT2D eigenvalue weighted by Crippen LogP contribution is 2.12. The molecule has 5 heteroatoms. The number of pyridine rings is 1. The number of nitrogens with one attached hydrogen (secondary N) is 3. The van der Waals surface area contributed by atoms with Crippen molar-refractivity contribution in [2.75, 3.05) is 6.54 Å². The number of H-pyrrole nitrogens is 1. The Hall–Kier alpha value is -2.14. The lowest BCUT2D eigenvalue weighted by molar-refractivity contribution is 0.0920. The van der Waals surface area contributed by atoms with Gasteiger partial charge in [0.1, 0.15) is 5.69 Å². The van der Waals surface area contributed by atoms with Gasteiger partial charge < -0.3 is 15.6 Å². The van der Waals surface area contributed by atoms with E-state index in [9.17, 15) is 9.59 Å². The molecular weight excluding hydrogens is 266 g/mol. The van der Waals surface area contributed by atoms with Gasteiger partial charge in [0.25, 0.3) is 11.5 Å². The van der Waals surface area contributed by atoms with Gasteiger partial charge in [-0.2, -0.15) is 0 Å². The van der Waals surface area contributed by atoms with Crippen molar-refractivity contribution in [2.45, 2.75) is 31.8 Å². The molecule has 2 atom stereocenters. The average molecular weight is 285 g/mol. The Balaban J connectivity index is 1.83. The van der Waals surface area contributed by atoms with Crippen LogP contribution < -0.4 is 16.2 Å². The fourth-order valence-electron chi connectivity index (χ4n) is 2.86. The Labute approximate surface area is 122 Å². The van der Waals surface area contributed by atoms with E-state index in [0.29, 0.717) is 17.1 Å². The summed E-state index contributed by atoms with van der Waals surface area (Å²) in [5.74, 6) is -0.211. The molecular formula is C16H19N3O2. The molecule has 2 heterocycles. The van der Waals surface area contributed by atoms with Gasteiger partial charge in [-0.3, -0.25) is 9.59 Å². The van der Waals surface area contributed by atoms with Crippen LogP contribution in [0.15, 0.2) is 35.1 Å². The van der Waals surface area contributed by atoms with E-state index in [2.05, 4.69) is 22.5 Å². The molecule has 0 bridgehead atoms. The molecule has 1 fully saturated rings. The molecule has 1 aromatic heterocycles. The van der Waals surface area contributed by atoms with E-state index in [1.165, 1.54) is 0 Å². The molecule has 5 nitrogen and oxygen atoms in total. The van der Waals surface area contributed by atoms with E-state index >= 15 is 0 Å². The van der Waals surface area contributed by atoms with E-state index < -0.39 is 0 Å². The number of piperidine rings is 1. The number of carbonyl (C=O) groups is 1. The van der Waals surface area contributed by atoms with Gasteiger partial charge in [0.2, 0.25) is 0 Å². The minimum absolute atomic E-state index is 0.156. The van der Waals surface area contributed by atoms with E-state index in [1.807, 2.05) is 18.2 Å². The monoisotopic (exact) mass is 285 g/mol. The lowest BCUT2D eigenvalue weighted by Gasteiger charge is -2.28. The second-order valence-electron chi connectivity index (χ2n) is 5.65. The zero-order valence-corrected chi connectivity index (χ0v) is 12.0. The molecule has 3 N–H and O–H groups in total. The van der Waals surface area contributed by atoms with Gasteiger partial charge in [-0.05, 0) is 43.8 Å². The van der Waals surface area contributed by atoms with Gasteiger partial charge in [0.15, 0.2) is 0 Å². The smallest absolute Gasteiger partial charge is 0.268 e. The largest absolute Gasteiger partial charge is 0.348 e.